The van der Waals surface area contributed by atoms with E-state index in [9.17, 15) is 0 Å². The van der Waals surface area contributed by atoms with Gasteiger partial charge >= 0.3 is 0 Å². The van der Waals surface area contributed by atoms with Gasteiger partial charge in [-0.1, -0.05) is 127 Å². The number of benzene rings is 7. The third kappa shape index (κ3) is 4.09. The molecule has 0 bridgehead atoms. The molecule has 5 nitrogen and oxygen atoms in total. The van der Waals surface area contributed by atoms with Crippen LogP contribution in [0.25, 0.3) is 99.7 Å². The zero-order chi connectivity index (χ0) is 33.5. The molecule has 0 unspecified atom stereocenters. The minimum atomic E-state index is 0.668. The van der Waals surface area contributed by atoms with E-state index in [1.165, 1.54) is 32.6 Å². The molecule has 0 radical (unpaired) electrons. The average molecular weight is 653 g/mol. The number of nitrogens with zero attached hydrogens (tertiary/aromatic N) is 4. The summed E-state index contributed by atoms with van der Waals surface area (Å²) in [5.41, 5.74) is 11.8. The number of aromatic nitrogens is 4. The maximum absolute atomic E-state index is 6.62. The first-order valence-electron chi connectivity index (χ1n) is 17.2. The second-order valence-electron chi connectivity index (χ2n) is 13.0. The Labute approximate surface area is 292 Å². The minimum Gasteiger partial charge on any atom is -0.452 e. The minimum absolute atomic E-state index is 0.668. The van der Waals surface area contributed by atoms with Crippen molar-refractivity contribution in [2.45, 2.75) is 0 Å². The summed E-state index contributed by atoms with van der Waals surface area (Å²) < 4.78 is 11.5. The van der Waals surface area contributed by atoms with Crippen molar-refractivity contribution in [3.63, 3.8) is 0 Å². The molecular weight excluding hydrogens is 625 g/mol. The molecule has 51 heavy (non-hydrogen) atoms. The molecule has 7 aromatic carbocycles. The van der Waals surface area contributed by atoms with E-state index in [1.807, 2.05) is 36.4 Å². The largest absolute Gasteiger partial charge is 0.452 e. The van der Waals surface area contributed by atoms with Crippen molar-refractivity contribution in [2.75, 3.05) is 0 Å². The molecule has 0 amide bonds. The fraction of sp³-hybridized carbons (Fsp3) is 0. The molecule has 0 fully saturated rings. The highest BCUT2D eigenvalue weighted by atomic mass is 16.3. The summed E-state index contributed by atoms with van der Waals surface area (Å²) in [7, 11) is 0. The normalized spacial score (nSPS) is 11.9. The van der Waals surface area contributed by atoms with Crippen molar-refractivity contribution < 1.29 is 4.42 Å². The van der Waals surface area contributed by atoms with Crippen molar-refractivity contribution in [3.8, 4) is 34.0 Å². The molecule has 0 atom stereocenters. The SMILES string of the molecule is c1ccc(-c2nc(-c3ccccc3)c3oc4ccc(-n5c6ccccc6c6ccc7c8ccccc8n(-c8ccccc8)c7c65)cc4c3n2)cc1. The smallest absolute Gasteiger partial charge is 0.180 e. The molecule has 4 aromatic heterocycles. The molecule has 4 heterocycles. The number of hydrogen-bond donors (Lipinski definition) is 0. The number of hydrogen-bond acceptors (Lipinski definition) is 3. The second kappa shape index (κ2) is 10.8. The summed E-state index contributed by atoms with van der Waals surface area (Å²) in [6, 6.07) is 59.5. The maximum atomic E-state index is 6.62. The number of para-hydroxylation sites is 3. The first kappa shape index (κ1) is 27.9. The number of furan rings is 1. The van der Waals surface area contributed by atoms with Crippen LogP contribution >= 0.6 is 0 Å². The summed E-state index contributed by atoms with van der Waals surface area (Å²) >= 11 is 0. The van der Waals surface area contributed by atoms with Gasteiger partial charge in [0.2, 0.25) is 0 Å². The summed E-state index contributed by atoms with van der Waals surface area (Å²) in [6.45, 7) is 0. The van der Waals surface area contributed by atoms with Crippen LogP contribution in [0.4, 0.5) is 0 Å². The number of fused-ring (bicyclic) bond motifs is 10. The number of rotatable bonds is 4. The van der Waals surface area contributed by atoms with Crippen LogP contribution in [0, 0.1) is 0 Å². The molecular formula is C46H28N4O. The topological polar surface area (TPSA) is 48.8 Å². The van der Waals surface area contributed by atoms with Gasteiger partial charge in [-0.05, 0) is 42.5 Å². The van der Waals surface area contributed by atoms with E-state index in [1.54, 1.807) is 0 Å². The molecule has 11 rings (SSSR count). The molecule has 0 N–H and O–H groups in total. The van der Waals surface area contributed by atoms with Gasteiger partial charge in [0.05, 0.1) is 22.1 Å². The van der Waals surface area contributed by atoms with E-state index in [4.69, 9.17) is 14.4 Å². The molecule has 238 valence electrons. The van der Waals surface area contributed by atoms with Crippen molar-refractivity contribution >= 4 is 65.7 Å². The Morgan fingerprint density at radius 1 is 0.412 bits per heavy atom. The van der Waals surface area contributed by atoms with Gasteiger partial charge in [0.25, 0.3) is 0 Å². The second-order valence-corrected chi connectivity index (χ2v) is 13.0. The van der Waals surface area contributed by atoms with Crippen molar-refractivity contribution in [2.24, 2.45) is 0 Å². The molecule has 0 aliphatic carbocycles. The van der Waals surface area contributed by atoms with Gasteiger partial charge in [-0.25, -0.2) is 9.97 Å². The Bertz CT molecular complexity index is 3120. The van der Waals surface area contributed by atoms with Gasteiger partial charge in [0.1, 0.15) is 16.8 Å². The highest BCUT2D eigenvalue weighted by Crippen LogP contribution is 2.43. The van der Waals surface area contributed by atoms with E-state index >= 15 is 0 Å². The molecule has 0 aliphatic heterocycles. The predicted molar refractivity (Wildman–Crippen MR) is 209 cm³/mol. The first-order valence-corrected chi connectivity index (χ1v) is 17.2. The van der Waals surface area contributed by atoms with Gasteiger partial charge in [-0.15, -0.1) is 0 Å². The lowest BCUT2D eigenvalue weighted by molar-refractivity contribution is 0.667. The Hall–Kier alpha value is -6.98. The average Bonchev–Trinajstić information content (AvgIpc) is 3.86. The van der Waals surface area contributed by atoms with Gasteiger partial charge in [0, 0.05) is 49.4 Å². The third-order valence-corrected chi connectivity index (χ3v) is 10.1. The van der Waals surface area contributed by atoms with Crippen LogP contribution in [0.3, 0.4) is 0 Å². The maximum Gasteiger partial charge on any atom is 0.180 e. The fourth-order valence-electron chi connectivity index (χ4n) is 7.89. The molecule has 11 aromatic rings. The van der Waals surface area contributed by atoms with Crippen molar-refractivity contribution in [1.29, 1.82) is 0 Å². The lowest BCUT2D eigenvalue weighted by Crippen LogP contribution is -1.98. The summed E-state index contributed by atoms with van der Waals surface area (Å²) in [4.78, 5) is 10.3. The van der Waals surface area contributed by atoms with Gasteiger partial charge in [0.15, 0.2) is 11.4 Å². The lowest BCUT2D eigenvalue weighted by Gasteiger charge is -2.12. The summed E-state index contributed by atoms with van der Waals surface area (Å²) in [6.07, 6.45) is 0. The van der Waals surface area contributed by atoms with Crippen molar-refractivity contribution in [1.82, 2.24) is 19.1 Å². The van der Waals surface area contributed by atoms with Crippen molar-refractivity contribution in [3.05, 3.63) is 170 Å². The summed E-state index contributed by atoms with van der Waals surface area (Å²) in [5, 5.41) is 5.80. The fourth-order valence-corrected chi connectivity index (χ4v) is 7.89. The van der Waals surface area contributed by atoms with Crippen LogP contribution in [0.15, 0.2) is 174 Å². The Kier molecular flexibility index (Phi) is 5.89. The van der Waals surface area contributed by atoms with E-state index in [0.29, 0.717) is 11.4 Å². The zero-order valence-corrected chi connectivity index (χ0v) is 27.4. The molecule has 0 saturated carbocycles. The molecule has 0 aliphatic rings. The first-order chi connectivity index (χ1) is 25.3. The van der Waals surface area contributed by atoms with Gasteiger partial charge < -0.3 is 13.6 Å². The van der Waals surface area contributed by atoms with Crippen LogP contribution < -0.4 is 0 Å². The molecule has 0 saturated heterocycles. The van der Waals surface area contributed by atoms with Crippen LogP contribution in [-0.2, 0) is 0 Å². The van der Waals surface area contributed by atoms with E-state index < -0.39 is 0 Å². The zero-order valence-electron chi connectivity index (χ0n) is 27.4. The van der Waals surface area contributed by atoms with E-state index in [2.05, 4.69) is 143 Å². The Morgan fingerprint density at radius 2 is 0.961 bits per heavy atom. The lowest BCUT2D eigenvalue weighted by atomic mass is 10.1. The predicted octanol–water partition coefficient (Wildman–Crippen LogP) is 11.9. The Balaban J connectivity index is 1.27. The third-order valence-electron chi connectivity index (χ3n) is 10.1. The van der Waals surface area contributed by atoms with Gasteiger partial charge in [-0.2, -0.15) is 0 Å². The Morgan fingerprint density at radius 3 is 1.61 bits per heavy atom. The van der Waals surface area contributed by atoms with Crippen LogP contribution in [0.1, 0.15) is 0 Å². The highest BCUT2D eigenvalue weighted by molar-refractivity contribution is 6.24. The van der Waals surface area contributed by atoms with Crippen LogP contribution in [-0.4, -0.2) is 19.1 Å². The van der Waals surface area contributed by atoms with Crippen LogP contribution in [0.5, 0.6) is 0 Å². The van der Waals surface area contributed by atoms with Gasteiger partial charge in [-0.3, -0.25) is 0 Å². The highest BCUT2D eigenvalue weighted by Gasteiger charge is 2.23. The standard InChI is InChI=1S/C46H28N4O/c1-4-14-29(15-5-1)41-45-42(48-46(47-41)30-16-6-2-7-17-30)37-28-32(24-27-40(37)51-45)50-39-23-13-11-21-34(39)36-26-25-35-33-20-10-12-22-38(33)49(43(35)44(36)50)31-18-8-3-9-19-31/h1-28H. The molecule has 0 spiro atoms. The van der Waals surface area contributed by atoms with E-state index in [-0.39, 0.29) is 0 Å². The molecule has 5 heteroatoms. The van der Waals surface area contributed by atoms with E-state index in [0.717, 1.165) is 55.7 Å². The monoisotopic (exact) mass is 652 g/mol. The van der Waals surface area contributed by atoms with Crippen LogP contribution in [0.2, 0.25) is 0 Å². The quantitative estimate of drug-likeness (QED) is 0.190. The summed E-state index contributed by atoms with van der Waals surface area (Å²) in [5.74, 6) is 0.668.